The number of rotatable bonds is 5. The van der Waals surface area contributed by atoms with E-state index in [1.165, 1.54) is 0 Å². The summed E-state index contributed by atoms with van der Waals surface area (Å²) in [5.74, 6) is 0.750. The van der Waals surface area contributed by atoms with Crippen LogP contribution in [0.3, 0.4) is 0 Å². The number of hydrogen-bond donors (Lipinski definition) is 1. The van der Waals surface area contributed by atoms with E-state index in [4.69, 9.17) is 4.74 Å². The van der Waals surface area contributed by atoms with Crippen LogP contribution < -0.4 is 10.1 Å². The Hall–Kier alpha value is -2.29. The van der Waals surface area contributed by atoms with Crippen LogP contribution in [0.25, 0.3) is 0 Å². The first-order chi connectivity index (χ1) is 9.70. The molecule has 0 aliphatic rings. The highest BCUT2D eigenvalue weighted by molar-refractivity contribution is 5.94. The van der Waals surface area contributed by atoms with E-state index in [0.29, 0.717) is 18.7 Å². The average molecular weight is 269 g/mol. The van der Waals surface area contributed by atoms with Crippen molar-refractivity contribution in [1.29, 1.82) is 0 Å². The first-order valence-electron chi connectivity index (χ1n) is 6.76. The van der Waals surface area contributed by atoms with Crippen LogP contribution in [0.1, 0.15) is 28.4 Å². The summed E-state index contributed by atoms with van der Waals surface area (Å²) in [6.07, 6.45) is 0. The largest absolute Gasteiger partial charge is 0.494 e. The van der Waals surface area contributed by atoms with Gasteiger partial charge in [0.2, 0.25) is 0 Å². The van der Waals surface area contributed by atoms with E-state index in [1.807, 2.05) is 62.4 Å². The van der Waals surface area contributed by atoms with Crippen LogP contribution in [-0.2, 0) is 6.54 Å². The summed E-state index contributed by atoms with van der Waals surface area (Å²) < 4.78 is 5.54. The second-order valence-corrected chi connectivity index (χ2v) is 4.59. The number of carbonyl (C=O) groups excluding carboxylic acids is 1. The van der Waals surface area contributed by atoms with Crippen LogP contribution in [-0.4, -0.2) is 12.5 Å². The molecule has 0 aliphatic carbocycles. The fourth-order valence-electron chi connectivity index (χ4n) is 2.01. The molecular weight excluding hydrogens is 250 g/mol. The number of nitrogens with one attached hydrogen (secondary N) is 1. The van der Waals surface area contributed by atoms with E-state index >= 15 is 0 Å². The minimum Gasteiger partial charge on any atom is -0.494 e. The first-order valence-corrected chi connectivity index (χ1v) is 6.76. The van der Waals surface area contributed by atoms with Gasteiger partial charge in [-0.2, -0.15) is 0 Å². The summed E-state index contributed by atoms with van der Waals surface area (Å²) in [7, 11) is 0. The molecule has 0 spiro atoms. The Morgan fingerprint density at radius 2 is 1.95 bits per heavy atom. The lowest BCUT2D eigenvalue weighted by Gasteiger charge is -2.11. The Kier molecular flexibility index (Phi) is 4.77. The van der Waals surface area contributed by atoms with Crippen molar-refractivity contribution in [3.8, 4) is 5.75 Å². The minimum absolute atomic E-state index is 0.0694. The van der Waals surface area contributed by atoms with Crippen molar-refractivity contribution in [2.24, 2.45) is 0 Å². The van der Waals surface area contributed by atoms with E-state index in [1.54, 1.807) is 0 Å². The Bertz CT molecular complexity index is 593. The van der Waals surface area contributed by atoms with Gasteiger partial charge in [-0.25, -0.2) is 0 Å². The molecule has 20 heavy (non-hydrogen) atoms. The summed E-state index contributed by atoms with van der Waals surface area (Å²) in [5, 5.41) is 2.92. The maximum Gasteiger partial charge on any atom is 0.251 e. The fraction of sp³-hybridized carbons (Fsp3) is 0.235. The zero-order valence-electron chi connectivity index (χ0n) is 11.8. The number of benzene rings is 2. The highest BCUT2D eigenvalue weighted by Crippen LogP contribution is 2.17. The Morgan fingerprint density at radius 1 is 1.15 bits per heavy atom. The Balaban J connectivity index is 2.03. The van der Waals surface area contributed by atoms with E-state index < -0.39 is 0 Å². The quantitative estimate of drug-likeness (QED) is 0.904. The molecule has 1 N–H and O–H groups in total. The maximum absolute atomic E-state index is 12.1. The summed E-state index contributed by atoms with van der Waals surface area (Å²) >= 11 is 0. The van der Waals surface area contributed by atoms with Crippen LogP contribution >= 0.6 is 0 Å². The third-order valence-electron chi connectivity index (χ3n) is 2.99. The Labute approximate surface area is 119 Å². The molecule has 0 radical (unpaired) electrons. The smallest absolute Gasteiger partial charge is 0.251 e. The molecule has 0 unspecified atom stereocenters. The van der Waals surface area contributed by atoms with Crippen LogP contribution in [0.2, 0.25) is 0 Å². The molecule has 0 heterocycles. The number of hydrogen-bond acceptors (Lipinski definition) is 2. The standard InChI is InChI=1S/C17H19NO2/c1-3-20-16-10-5-4-8-15(16)12-18-17(19)14-9-6-7-13(2)11-14/h4-11H,3,12H2,1-2H3,(H,18,19). The molecule has 104 valence electrons. The second-order valence-electron chi connectivity index (χ2n) is 4.59. The van der Waals surface area contributed by atoms with Crippen LogP contribution in [0, 0.1) is 6.92 Å². The van der Waals surface area contributed by atoms with E-state index in [0.717, 1.165) is 16.9 Å². The van der Waals surface area contributed by atoms with E-state index in [-0.39, 0.29) is 5.91 Å². The summed E-state index contributed by atoms with van der Waals surface area (Å²) in [6, 6.07) is 15.3. The van der Waals surface area contributed by atoms with Gasteiger partial charge in [0, 0.05) is 17.7 Å². The highest BCUT2D eigenvalue weighted by Gasteiger charge is 2.07. The molecule has 0 aromatic heterocycles. The van der Waals surface area contributed by atoms with E-state index in [2.05, 4.69) is 5.32 Å². The van der Waals surface area contributed by atoms with Gasteiger partial charge in [-0.1, -0.05) is 35.9 Å². The van der Waals surface area contributed by atoms with Gasteiger partial charge in [0.1, 0.15) is 5.75 Å². The lowest BCUT2D eigenvalue weighted by molar-refractivity contribution is 0.0950. The van der Waals surface area contributed by atoms with Crippen molar-refractivity contribution in [3.63, 3.8) is 0 Å². The van der Waals surface area contributed by atoms with Crippen LogP contribution in [0.15, 0.2) is 48.5 Å². The third-order valence-corrected chi connectivity index (χ3v) is 2.99. The Morgan fingerprint density at radius 3 is 2.70 bits per heavy atom. The predicted octanol–water partition coefficient (Wildman–Crippen LogP) is 3.32. The molecule has 0 aliphatic heterocycles. The normalized spacial score (nSPS) is 10.1. The van der Waals surface area contributed by atoms with Crippen molar-refractivity contribution < 1.29 is 9.53 Å². The topological polar surface area (TPSA) is 38.3 Å². The van der Waals surface area contributed by atoms with Gasteiger partial charge >= 0.3 is 0 Å². The summed E-state index contributed by atoms with van der Waals surface area (Å²) in [4.78, 5) is 12.1. The first kappa shape index (κ1) is 14.1. The number of para-hydroxylation sites is 1. The third kappa shape index (κ3) is 3.60. The molecule has 2 aromatic carbocycles. The van der Waals surface area contributed by atoms with Crippen molar-refractivity contribution in [2.45, 2.75) is 20.4 Å². The maximum atomic E-state index is 12.1. The van der Waals surface area contributed by atoms with Gasteiger partial charge in [-0.05, 0) is 32.0 Å². The molecule has 0 fully saturated rings. The van der Waals surface area contributed by atoms with Gasteiger partial charge in [-0.15, -0.1) is 0 Å². The van der Waals surface area contributed by atoms with Gasteiger partial charge < -0.3 is 10.1 Å². The van der Waals surface area contributed by atoms with Crippen molar-refractivity contribution in [2.75, 3.05) is 6.61 Å². The molecule has 2 rings (SSSR count). The molecule has 0 atom stereocenters. The summed E-state index contributed by atoms with van der Waals surface area (Å²) in [6.45, 7) is 5.00. The molecule has 2 aromatic rings. The SMILES string of the molecule is CCOc1ccccc1CNC(=O)c1cccc(C)c1. The monoisotopic (exact) mass is 269 g/mol. The second kappa shape index (κ2) is 6.75. The number of carbonyl (C=O) groups is 1. The number of aryl methyl sites for hydroxylation is 1. The molecule has 0 saturated heterocycles. The highest BCUT2D eigenvalue weighted by atomic mass is 16.5. The molecule has 1 amide bonds. The van der Waals surface area contributed by atoms with Crippen LogP contribution in [0.5, 0.6) is 5.75 Å². The zero-order chi connectivity index (χ0) is 14.4. The number of ether oxygens (including phenoxy) is 1. The van der Waals surface area contributed by atoms with Gasteiger partial charge in [0.05, 0.1) is 6.61 Å². The van der Waals surface area contributed by atoms with Crippen molar-refractivity contribution in [3.05, 3.63) is 65.2 Å². The lowest BCUT2D eigenvalue weighted by atomic mass is 10.1. The lowest BCUT2D eigenvalue weighted by Crippen LogP contribution is -2.23. The van der Waals surface area contributed by atoms with Crippen LogP contribution in [0.4, 0.5) is 0 Å². The van der Waals surface area contributed by atoms with Gasteiger partial charge in [0.25, 0.3) is 5.91 Å². The van der Waals surface area contributed by atoms with Gasteiger partial charge in [-0.3, -0.25) is 4.79 Å². The van der Waals surface area contributed by atoms with Crippen molar-refractivity contribution >= 4 is 5.91 Å². The fourth-order valence-corrected chi connectivity index (χ4v) is 2.01. The molecule has 0 saturated carbocycles. The summed E-state index contributed by atoms with van der Waals surface area (Å²) in [5.41, 5.74) is 2.74. The average Bonchev–Trinajstić information content (AvgIpc) is 2.46. The minimum atomic E-state index is -0.0694. The van der Waals surface area contributed by atoms with Gasteiger partial charge in [0.15, 0.2) is 0 Å². The predicted molar refractivity (Wildman–Crippen MR) is 80.0 cm³/mol. The van der Waals surface area contributed by atoms with E-state index in [9.17, 15) is 4.79 Å². The molecule has 0 bridgehead atoms. The zero-order valence-corrected chi connectivity index (χ0v) is 11.8. The molecule has 3 nitrogen and oxygen atoms in total. The molecule has 3 heteroatoms. The van der Waals surface area contributed by atoms with Crippen molar-refractivity contribution in [1.82, 2.24) is 5.32 Å². The number of amides is 1. The molecular formula is C17H19NO2.